The lowest BCUT2D eigenvalue weighted by Gasteiger charge is -2.06. The zero-order valence-corrected chi connectivity index (χ0v) is 18.2. The number of hydrogen-bond acceptors (Lipinski definition) is 3. The third-order valence-electron chi connectivity index (χ3n) is 5.88. The summed E-state index contributed by atoms with van der Waals surface area (Å²) in [5.41, 5.74) is 2.34. The third kappa shape index (κ3) is 12.2. The van der Waals surface area contributed by atoms with Gasteiger partial charge in [0.2, 0.25) is 0 Å². The first kappa shape index (κ1) is 22.9. The summed E-state index contributed by atoms with van der Waals surface area (Å²) >= 11 is 0. The normalized spacial score (nSPS) is 14.4. The van der Waals surface area contributed by atoms with Crippen LogP contribution in [0.3, 0.4) is 0 Å². The lowest BCUT2D eigenvalue weighted by molar-refractivity contribution is 0.211. The molecule has 1 saturated carbocycles. The molecule has 3 heteroatoms. The van der Waals surface area contributed by atoms with Crippen LogP contribution in [0.4, 0.5) is 0 Å². The minimum atomic E-state index is 0.849. The molecule has 0 spiro atoms. The summed E-state index contributed by atoms with van der Waals surface area (Å²) in [6, 6.07) is 4.08. The molecule has 0 aliphatic heterocycles. The second kappa shape index (κ2) is 15.5. The maximum absolute atomic E-state index is 5.02. The quantitative estimate of drug-likeness (QED) is 0.149. The highest BCUT2D eigenvalue weighted by molar-refractivity contribution is 5.86. The van der Waals surface area contributed by atoms with Crippen LogP contribution in [-0.4, -0.2) is 17.8 Å². The Balaban J connectivity index is 1.35. The van der Waals surface area contributed by atoms with E-state index >= 15 is 0 Å². The molecule has 0 unspecified atom stereocenters. The second-order valence-corrected chi connectivity index (χ2v) is 8.60. The highest BCUT2D eigenvalue weighted by Gasteiger charge is 2.19. The van der Waals surface area contributed by atoms with Gasteiger partial charge >= 0.3 is 0 Å². The first-order chi connectivity index (χ1) is 13.9. The van der Waals surface area contributed by atoms with Crippen molar-refractivity contribution in [1.82, 2.24) is 4.98 Å². The summed E-state index contributed by atoms with van der Waals surface area (Å²) in [5.74, 6) is 1.13. The molecule has 28 heavy (non-hydrogen) atoms. The summed E-state index contributed by atoms with van der Waals surface area (Å²) in [5, 5.41) is 4.21. The van der Waals surface area contributed by atoms with Crippen LogP contribution >= 0.6 is 0 Å². The molecule has 2 rings (SSSR count). The number of oxime groups is 1. The molecule has 1 fully saturated rings. The fourth-order valence-corrected chi connectivity index (χ4v) is 3.97. The number of pyridine rings is 1. The van der Waals surface area contributed by atoms with Gasteiger partial charge < -0.3 is 4.84 Å². The van der Waals surface area contributed by atoms with Crippen molar-refractivity contribution >= 4 is 5.71 Å². The van der Waals surface area contributed by atoms with E-state index in [1.807, 2.05) is 18.5 Å². The van der Waals surface area contributed by atoms with Crippen molar-refractivity contribution in [2.75, 3.05) is 7.11 Å². The molecule has 0 bridgehead atoms. The Bertz CT molecular complexity index is 511. The van der Waals surface area contributed by atoms with Gasteiger partial charge in [-0.05, 0) is 30.4 Å². The molecular formula is C25H42N2O. The van der Waals surface area contributed by atoms with Gasteiger partial charge in [-0.1, -0.05) is 101 Å². The van der Waals surface area contributed by atoms with Crippen LogP contribution in [-0.2, 0) is 11.3 Å². The molecule has 0 radical (unpaired) electrons. The van der Waals surface area contributed by atoms with Crippen molar-refractivity contribution in [3.8, 4) is 0 Å². The van der Waals surface area contributed by atoms with Crippen molar-refractivity contribution in [3.05, 3.63) is 30.1 Å². The summed E-state index contributed by atoms with van der Waals surface area (Å²) in [7, 11) is 1.64. The minimum Gasteiger partial charge on any atom is -0.399 e. The Morgan fingerprint density at radius 1 is 0.929 bits per heavy atom. The van der Waals surface area contributed by atoms with Gasteiger partial charge in [-0.15, -0.1) is 0 Å². The summed E-state index contributed by atoms with van der Waals surface area (Å²) in [4.78, 5) is 9.20. The zero-order chi connectivity index (χ0) is 19.7. The predicted octanol–water partition coefficient (Wildman–Crippen LogP) is 7.50. The van der Waals surface area contributed by atoms with Crippen LogP contribution in [0.25, 0.3) is 0 Å². The molecule has 0 aromatic carbocycles. The van der Waals surface area contributed by atoms with E-state index in [9.17, 15) is 0 Å². The smallest absolute Gasteiger partial charge is 0.106 e. The molecule has 1 heterocycles. The van der Waals surface area contributed by atoms with Crippen LogP contribution in [0.1, 0.15) is 108 Å². The van der Waals surface area contributed by atoms with Gasteiger partial charge in [0, 0.05) is 18.8 Å². The van der Waals surface area contributed by atoms with Crippen LogP contribution in [0.5, 0.6) is 0 Å². The summed E-state index contributed by atoms with van der Waals surface area (Å²) in [6.45, 7) is 0. The van der Waals surface area contributed by atoms with Crippen molar-refractivity contribution < 1.29 is 4.84 Å². The van der Waals surface area contributed by atoms with Crippen LogP contribution in [0, 0.1) is 5.92 Å². The topological polar surface area (TPSA) is 34.5 Å². The second-order valence-electron chi connectivity index (χ2n) is 8.60. The average molecular weight is 387 g/mol. The lowest BCUT2D eigenvalue weighted by atomic mass is 10.0. The molecule has 3 nitrogen and oxygen atoms in total. The van der Waals surface area contributed by atoms with E-state index in [1.165, 1.54) is 102 Å². The largest absolute Gasteiger partial charge is 0.399 e. The van der Waals surface area contributed by atoms with E-state index in [0.717, 1.165) is 24.5 Å². The highest BCUT2D eigenvalue weighted by Crippen LogP contribution is 2.34. The van der Waals surface area contributed by atoms with Crippen LogP contribution in [0.15, 0.2) is 29.7 Å². The maximum atomic E-state index is 5.02. The number of rotatable bonds is 18. The predicted molar refractivity (Wildman–Crippen MR) is 120 cm³/mol. The maximum Gasteiger partial charge on any atom is 0.106 e. The Hall–Kier alpha value is -1.38. The van der Waals surface area contributed by atoms with Crippen molar-refractivity contribution in [1.29, 1.82) is 0 Å². The number of nitrogens with zero attached hydrogens (tertiary/aromatic N) is 2. The van der Waals surface area contributed by atoms with E-state index in [-0.39, 0.29) is 0 Å². The first-order valence-corrected chi connectivity index (χ1v) is 11.9. The summed E-state index contributed by atoms with van der Waals surface area (Å²) in [6.07, 6.45) is 27.1. The Kier molecular flexibility index (Phi) is 12.7. The van der Waals surface area contributed by atoms with Gasteiger partial charge in [-0.3, -0.25) is 4.98 Å². The van der Waals surface area contributed by atoms with Crippen LogP contribution in [0.2, 0.25) is 0 Å². The molecule has 1 aromatic rings. The summed E-state index contributed by atoms with van der Waals surface area (Å²) < 4.78 is 0. The van der Waals surface area contributed by atoms with Crippen LogP contribution < -0.4 is 0 Å². The van der Waals surface area contributed by atoms with Crippen molar-refractivity contribution in [2.24, 2.45) is 11.1 Å². The molecule has 158 valence electrons. The SMILES string of the molecule is CON=C(CCCCCCCCCCCCCCC1CC1)Cc1cccnc1. The molecule has 1 aliphatic rings. The monoisotopic (exact) mass is 386 g/mol. The van der Waals surface area contributed by atoms with Crippen molar-refractivity contribution in [2.45, 2.75) is 109 Å². The van der Waals surface area contributed by atoms with E-state index in [2.05, 4.69) is 16.2 Å². The molecule has 0 atom stereocenters. The standard InChI is InChI=1S/C25H42N2O/c1-28-27-25(21-24-16-14-20-26-22-24)17-13-11-9-7-5-3-2-4-6-8-10-12-15-23-18-19-23/h14,16,20,22-23H,2-13,15,17-19,21H2,1H3. The molecule has 0 saturated heterocycles. The third-order valence-corrected chi connectivity index (χ3v) is 5.88. The Morgan fingerprint density at radius 3 is 2.07 bits per heavy atom. The first-order valence-electron chi connectivity index (χ1n) is 11.9. The highest BCUT2D eigenvalue weighted by atomic mass is 16.6. The van der Waals surface area contributed by atoms with Gasteiger partial charge in [0.25, 0.3) is 0 Å². The number of hydrogen-bond donors (Lipinski definition) is 0. The Labute approximate surface area is 173 Å². The Morgan fingerprint density at radius 2 is 1.54 bits per heavy atom. The molecular weight excluding hydrogens is 344 g/mol. The number of unbranched alkanes of at least 4 members (excludes halogenated alkanes) is 11. The molecule has 0 amide bonds. The van der Waals surface area contributed by atoms with E-state index in [4.69, 9.17) is 4.84 Å². The van der Waals surface area contributed by atoms with E-state index < -0.39 is 0 Å². The number of aromatic nitrogens is 1. The van der Waals surface area contributed by atoms with Gasteiger partial charge in [-0.25, -0.2) is 0 Å². The van der Waals surface area contributed by atoms with Gasteiger partial charge in [0.15, 0.2) is 0 Å². The average Bonchev–Trinajstić information content (AvgIpc) is 3.53. The van der Waals surface area contributed by atoms with Gasteiger partial charge in [0.1, 0.15) is 7.11 Å². The fraction of sp³-hybridized carbons (Fsp3) is 0.760. The van der Waals surface area contributed by atoms with Gasteiger partial charge in [-0.2, -0.15) is 0 Å². The van der Waals surface area contributed by atoms with Gasteiger partial charge in [0.05, 0.1) is 5.71 Å². The molecule has 1 aliphatic carbocycles. The zero-order valence-electron chi connectivity index (χ0n) is 18.2. The fourth-order valence-electron chi connectivity index (χ4n) is 3.97. The lowest BCUT2D eigenvalue weighted by Crippen LogP contribution is -2.04. The molecule has 1 aromatic heterocycles. The molecule has 0 N–H and O–H groups in total. The van der Waals surface area contributed by atoms with E-state index in [0.29, 0.717) is 0 Å². The van der Waals surface area contributed by atoms with E-state index in [1.54, 1.807) is 7.11 Å². The van der Waals surface area contributed by atoms with Crippen molar-refractivity contribution in [3.63, 3.8) is 0 Å². The minimum absolute atomic E-state index is 0.849.